The molecule has 5 heteroatoms. The number of benzene rings is 1. The van der Waals surface area contributed by atoms with Crippen molar-refractivity contribution in [2.45, 2.75) is 6.04 Å². The van der Waals surface area contributed by atoms with Gasteiger partial charge in [0.15, 0.2) is 0 Å². The van der Waals surface area contributed by atoms with Crippen LogP contribution < -0.4 is 11.5 Å². The lowest BCUT2D eigenvalue weighted by atomic mass is 10.1. The third-order valence-corrected chi connectivity index (χ3v) is 1.77. The van der Waals surface area contributed by atoms with Crippen LogP contribution in [-0.4, -0.2) is 6.54 Å². The van der Waals surface area contributed by atoms with E-state index in [9.17, 15) is 0 Å². The highest BCUT2D eigenvalue weighted by molar-refractivity contribution is 6.30. The molecule has 0 fully saturated rings. The van der Waals surface area contributed by atoms with Crippen molar-refractivity contribution < 1.29 is 0 Å². The fourth-order valence-electron chi connectivity index (χ4n) is 0.873. The van der Waals surface area contributed by atoms with Crippen LogP contribution in [0.25, 0.3) is 0 Å². The summed E-state index contributed by atoms with van der Waals surface area (Å²) in [5, 5.41) is 0.700. The van der Waals surface area contributed by atoms with E-state index in [4.69, 9.17) is 23.1 Å². The monoisotopic (exact) mass is 242 g/mol. The second-order valence-electron chi connectivity index (χ2n) is 2.40. The maximum absolute atomic E-state index is 5.75. The predicted molar refractivity (Wildman–Crippen MR) is 61.9 cm³/mol. The zero-order valence-electron chi connectivity index (χ0n) is 6.94. The molecule has 2 nitrogen and oxygen atoms in total. The molecule has 0 unspecified atom stereocenters. The highest BCUT2D eigenvalue weighted by Gasteiger charge is 2.02. The maximum Gasteiger partial charge on any atom is 0.0420 e. The molecule has 1 aromatic rings. The van der Waals surface area contributed by atoms with Gasteiger partial charge >= 0.3 is 0 Å². The predicted octanol–water partition coefficient (Wildman–Crippen LogP) is 2.14. The quantitative estimate of drug-likeness (QED) is 0.836. The molecule has 0 radical (unpaired) electrons. The number of hydrogen-bond donors (Lipinski definition) is 2. The van der Waals surface area contributed by atoms with Gasteiger partial charge in [0, 0.05) is 17.6 Å². The summed E-state index contributed by atoms with van der Waals surface area (Å²) < 4.78 is 0. The zero-order valence-corrected chi connectivity index (χ0v) is 9.33. The molecule has 0 aliphatic rings. The topological polar surface area (TPSA) is 52.0 Å². The maximum atomic E-state index is 5.75. The smallest absolute Gasteiger partial charge is 0.0420 e. The van der Waals surface area contributed by atoms with Crippen molar-refractivity contribution in [1.29, 1.82) is 0 Å². The van der Waals surface area contributed by atoms with Crippen molar-refractivity contribution in [3.8, 4) is 0 Å². The van der Waals surface area contributed by atoms with E-state index in [0.717, 1.165) is 5.56 Å². The highest BCUT2D eigenvalue weighted by atomic mass is 35.5. The number of nitrogens with two attached hydrogens (primary N) is 2. The van der Waals surface area contributed by atoms with Crippen LogP contribution in [0.2, 0.25) is 5.02 Å². The minimum Gasteiger partial charge on any atom is -0.329 e. The molecule has 0 aliphatic carbocycles. The summed E-state index contributed by atoms with van der Waals surface area (Å²) in [6.07, 6.45) is 0. The first kappa shape index (κ1) is 15.5. The lowest BCUT2D eigenvalue weighted by Gasteiger charge is -2.08. The molecule has 1 rings (SSSR count). The Labute approximate surface area is 95.5 Å². The minimum absolute atomic E-state index is 0. The lowest BCUT2D eigenvalue weighted by Crippen LogP contribution is -2.20. The molecule has 0 saturated heterocycles. The van der Waals surface area contributed by atoms with E-state index in [1.54, 1.807) is 0 Å². The van der Waals surface area contributed by atoms with E-state index < -0.39 is 0 Å². The Morgan fingerprint density at radius 3 is 2.38 bits per heavy atom. The van der Waals surface area contributed by atoms with Crippen LogP contribution >= 0.6 is 36.4 Å². The molecular formula is C8H13Cl3N2. The van der Waals surface area contributed by atoms with Crippen molar-refractivity contribution >= 4 is 36.4 Å². The van der Waals surface area contributed by atoms with Crippen LogP contribution in [0.1, 0.15) is 11.6 Å². The Morgan fingerprint density at radius 1 is 1.31 bits per heavy atom. The zero-order chi connectivity index (χ0) is 8.27. The fourth-order valence-corrected chi connectivity index (χ4v) is 1.07. The van der Waals surface area contributed by atoms with Crippen molar-refractivity contribution in [2.24, 2.45) is 11.5 Å². The molecule has 1 aromatic carbocycles. The Kier molecular flexibility index (Phi) is 8.83. The van der Waals surface area contributed by atoms with Gasteiger partial charge in [-0.2, -0.15) is 0 Å². The summed E-state index contributed by atoms with van der Waals surface area (Å²) in [5.41, 5.74) is 12.1. The molecule has 0 aliphatic heterocycles. The normalized spacial score (nSPS) is 11.0. The van der Waals surface area contributed by atoms with Crippen LogP contribution in [-0.2, 0) is 0 Å². The standard InChI is InChI=1S/C8H11ClN2.2ClH/c9-7-3-1-2-6(4-7)8(11)5-10;;/h1-4,8H,5,10-11H2;2*1H/t8-;;/m1../s1. The molecule has 0 heterocycles. The van der Waals surface area contributed by atoms with Crippen LogP contribution in [0.15, 0.2) is 24.3 Å². The first-order valence-electron chi connectivity index (χ1n) is 3.45. The van der Waals surface area contributed by atoms with Crippen molar-refractivity contribution in [3.05, 3.63) is 34.9 Å². The first-order chi connectivity index (χ1) is 5.24. The molecule has 0 spiro atoms. The first-order valence-corrected chi connectivity index (χ1v) is 3.83. The van der Waals surface area contributed by atoms with Crippen LogP contribution in [0.5, 0.6) is 0 Å². The Morgan fingerprint density at radius 2 is 1.92 bits per heavy atom. The summed E-state index contributed by atoms with van der Waals surface area (Å²) in [7, 11) is 0. The third kappa shape index (κ3) is 4.69. The van der Waals surface area contributed by atoms with Gasteiger partial charge in [-0.25, -0.2) is 0 Å². The van der Waals surface area contributed by atoms with Gasteiger partial charge in [-0.1, -0.05) is 23.7 Å². The van der Waals surface area contributed by atoms with Crippen molar-refractivity contribution in [2.75, 3.05) is 6.54 Å². The third-order valence-electron chi connectivity index (χ3n) is 1.53. The van der Waals surface area contributed by atoms with Crippen molar-refractivity contribution in [1.82, 2.24) is 0 Å². The molecule has 0 amide bonds. The average molecular weight is 244 g/mol. The Bertz CT molecular complexity index is 243. The van der Waals surface area contributed by atoms with Gasteiger partial charge in [0.1, 0.15) is 0 Å². The molecule has 1 atom stereocenters. The van der Waals surface area contributed by atoms with Gasteiger partial charge < -0.3 is 11.5 Å². The number of rotatable bonds is 2. The van der Waals surface area contributed by atoms with E-state index in [1.165, 1.54) is 0 Å². The van der Waals surface area contributed by atoms with Crippen LogP contribution in [0, 0.1) is 0 Å². The van der Waals surface area contributed by atoms with Gasteiger partial charge in [-0.3, -0.25) is 0 Å². The van der Waals surface area contributed by atoms with Gasteiger partial charge in [0.25, 0.3) is 0 Å². The van der Waals surface area contributed by atoms with E-state index in [1.807, 2.05) is 24.3 Å². The summed E-state index contributed by atoms with van der Waals surface area (Å²) in [6, 6.07) is 7.33. The summed E-state index contributed by atoms with van der Waals surface area (Å²) in [6.45, 7) is 0.445. The minimum atomic E-state index is -0.103. The molecule has 13 heavy (non-hydrogen) atoms. The number of hydrogen-bond acceptors (Lipinski definition) is 2. The van der Waals surface area contributed by atoms with E-state index >= 15 is 0 Å². The number of halogens is 3. The molecule has 0 saturated carbocycles. The van der Waals surface area contributed by atoms with Crippen LogP contribution in [0.3, 0.4) is 0 Å². The molecular weight excluding hydrogens is 230 g/mol. The average Bonchev–Trinajstić information content (AvgIpc) is 2.03. The summed E-state index contributed by atoms with van der Waals surface area (Å²) in [4.78, 5) is 0. The van der Waals surface area contributed by atoms with E-state index in [0.29, 0.717) is 11.6 Å². The van der Waals surface area contributed by atoms with Gasteiger partial charge in [0.05, 0.1) is 0 Å². The molecule has 0 bridgehead atoms. The summed E-state index contributed by atoms with van der Waals surface area (Å²) >= 11 is 5.75. The lowest BCUT2D eigenvalue weighted by molar-refractivity contribution is 0.737. The molecule has 0 aromatic heterocycles. The Balaban J connectivity index is 0. The molecule has 4 N–H and O–H groups in total. The second kappa shape index (κ2) is 7.42. The second-order valence-corrected chi connectivity index (χ2v) is 2.83. The van der Waals surface area contributed by atoms with E-state index in [2.05, 4.69) is 0 Å². The SMILES string of the molecule is Cl.Cl.NC[C@@H](N)c1cccc(Cl)c1. The van der Waals surface area contributed by atoms with E-state index in [-0.39, 0.29) is 30.9 Å². The Hall–Kier alpha value is 0.01000. The van der Waals surface area contributed by atoms with Gasteiger partial charge in [-0.05, 0) is 17.7 Å². The van der Waals surface area contributed by atoms with Crippen LogP contribution in [0.4, 0.5) is 0 Å². The largest absolute Gasteiger partial charge is 0.329 e. The van der Waals surface area contributed by atoms with Gasteiger partial charge in [-0.15, -0.1) is 24.8 Å². The summed E-state index contributed by atoms with van der Waals surface area (Å²) in [5.74, 6) is 0. The molecule has 76 valence electrons. The van der Waals surface area contributed by atoms with Crippen molar-refractivity contribution in [3.63, 3.8) is 0 Å². The van der Waals surface area contributed by atoms with Gasteiger partial charge in [0.2, 0.25) is 0 Å². The highest BCUT2D eigenvalue weighted by Crippen LogP contribution is 2.14. The fraction of sp³-hybridized carbons (Fsp3) is 0.250.